The van der Waals surface area contributed by atoms with Gasteiger partial charge in [-0.2, -0.15) is 8.78 Å². The van der Waals surface area contributed by atoms with E-state index < -0.39 is 24.6 Å². The second kappa shape index (κ2) is 6.57. The Balaban J connectivity index is 1.92. The van der Waals surface area contributed by atoms with E-state index in [1.165, 1.54) is 18.3 Å². The highest BCUT2D eigenvalue weighted by Crippen LogP contribution is 2.41. The Labute approximate surface area is 154 Å². The van der Waals surface area contributed by atoms with Gasteiger partial charge in [-0.15, -0.1) is 0 Å². The molecule has 0 radical (unpaired) electrons. The van der Waals surface area contributed by atoms with Gasteiger partial charge in [0.05, 0.1) is 22.5 Å². The molecule has 26 heavy (non-hydrogen) atoms. The van der Waals surface area contributed by atoms with E-state index in [2.05, 4.69) is 25.7 Å². The normalized spacial score (nSPS) is 19.8. The lowest BCUT2D eigenvalue weighted by Gasteiger charge is -2.27. The van der Waals surface area contributed by atoms with Crippen LogP contribution in [0.1, 0.15) is 29.2 Å². The van der Waals surface area contributed by atoms with Crippen LogP contribution in [0.4, 0.5) is 13.2 Å². The second-order valence-corrected chi connectivity index (χ2v) is 6.58. The molecule has 0 unspecified atom stereocenters. The first kappa shape index (κ1) is 17.3. The van der Waals surface area contributed by atoms with Crippen molar-refractivity contribution in [2.45, 2.75) is 18.8 Å². The first-order chi connectivity index (χ1) is 12.5. The lowest BCUT2D eigenvalue weighted by atomic mass is 9.99. The zero-order valence-electron chi connectivity index (χ0n) is 13.1. The van der Waals surface area contributed by atoms with Crippen molar-refractivity contribution in [1.82, 2.24) is 9.38 Å². The van der Waals surface area contributed by atoms with Crippen molar-refractivity contribution in [2.24, 2.45) is 0 Å². The van der Waals surface area contributed by atoms with Gasteiger partial charge in [-0.05, 0) is 22.0 Å². The molecule has 2 aromatic heterocycles. The van der Waals surface area contributed by atoms with E-state index in [1.54, 1.807) is 22.6 Å². The molecular formula is C17H12BrF3N2O3. The van der Waals surface area contributed by atoms with Gasteiger partial charge in [-0.1, -0.05) is 18.2 Å². The molecule has 1 aromatic carbocycles. The Morgan fingerprint density at radius 2 is 2.12 bits per heavy atom. The molecule has 0 aliphatic carbocycles. The monoisotopic (exact) mass is 428 g/mol. The molecule has 136 valence electrons. The van der Waals surface area contributed by atoms with Gasteiger partial charge in [0.15, 0.2) is 0 Å². The largest absolute Gasteiger partial charge is 0.434 e. The third kappa shape index (κ3) is 2.85. The summed E-state index contributed by atoms with van der Waals surface area (Å²) in [6.07, 6.45) is -0.358. The molecule has 0 amide bonds. The fourth-order valence-electron chi connectivity index (χ4n) is 3.06. The molecule has 1 N–H and O–H groups in total. The van der Waals surface area contributed by atoms with Gasteiger partial charge in [0, 0.05) is 17.8 Å². The number of rotatable bonds is 3. The highest BCUT2D eigenvalue weighted by atomic mass is 79.9. The van der Waals surface area contributed by atoms with Gasteiger partial charge in [0.2, 0.25) is 0 Å². The fraction of sp³-hybridized carbons (Fsp3) is 0.235. The number of pyridine rings is 1. The summed E-state index contributed by atoms with van der Waals surface area (Å²) in [6, 6.07) is 7.46. The number of aliphatic hydroxyl groups excluding tert-OH is 1. The van der Waals surface area contributed by atoms with Gasteiger partial charge >= 0.3 is 6.61 Å². The van der Waals surface area contributed by atoms with E-state index in [-0.39, 0.29) is 22.5 Å². The summed E-state index contributed by atoms with van der Waals surface area (Å²) in [4.78, 5) is 4.29. The Hall–Kier alpha value is -2.10. The molecular weight excluding hydrogens is 417 g/mol. The maximum atomic E-state index is 13.8. The summed E-state index contributed by atoms with van der Waals surface area (Å²) in [5.74, 6) is -0.542. The van der Waals surface area contributed by atoms with Crippen molar-refractivity contribution in [3.8, 4) is 5.75 Å². The minimum absolute atomic E-state index is 0.0361. The topological polar surface area (TPSA) is 56.0 Å². The first-order valence-electron chi connectivity index (χ1n) is 7.66. The molecule has 9 heteroatoms. The fourth-order valence-corrected chi connectivity index (χ4v) is 3.38. The third-order valence-corrected chi connectivity index (χ3v) is 4.72. The average Bonchev–Trinajstić information content (AvgIpc) is 2.95. The molecule has 4 rings (SSSR count). The van der Waals surface area contributed by atoms with Gasteiger partial charge in [0.1, 0.15) is 29.4 Å². The average molecular weight is 429 g/mol. The Morgan fingerprint density at radius 3 is 2.88 bits per heavy atom. The predicted molar refractivity (Wildman–Crippen MR) is 88.7 cm³/mol. The van der Waals surface area contributed by atoms with Crippen LogP contribution in [-0.4, -0.2) is 27.7 Å². The number of aliphatic hydroxyl groups is 1. The van der Waals surface area contributed by atoms with Crippen LogP contribution in [0.15, 0.2) is 41.0 Å². The third-order valence-electron chi connectivity index (χ3n) is 4.13. The SMILES string of the molecule is O[C@@H]1CO[C@H](c2ccccc2OC(F)F)c2c1nc1cc(F)c(Br)cn21. The number of fused-ring (bicyclic) bond motifs is 3. The minimum atomic E-state index is -2.99. The van der Waals surface area contributed by atoms with Crippen LogP contribution in [0.2, 0.25) is 0 Å². The van der Waals surface area contributed by atoms with E-state index >= 15 is 0 Å². The molecule has 1 aliphatic rings. The number of para-hydroxylation sites is 1. The number of nitrogens with zero attached hydrogens (tertiary/aromatic N) is 2. The highest BCUT2D eigenvalue weighted by Gasteiger charge is 2.35. The summed E-state index contributed by atoms with van der Waals surface area (Å²) in [5.41, 5.74) is 1.39. The van der Waals surface area contributed by atoms with Crippen molar-refractivity contribution in [3.05, 3.63) is 63.8 Å². The summed E-state index contributed by atoms with van der Waals surface area (Å²) in [7, 11) is 0. The molecule has 0 spiro atoms. The Bertz CT molecular complexity index is 979. The van der Waals surface area contributed by atoms with Crippen LogP contribution in [0.25, 0.3) is 5.65 Å². The zero-order valence-corrected chi connectivity index (χ0v) is 14.7. The summed E-state index contributed by atoms with van der Waals surface area (Å²) in [6.45, 7) is -3.07. The first-order valence-corrected chi connectivity index (χ1v) is 8.45. The zero-order chi connectivity index (χ0) is 18.4. The van der Waals surface area contributed by atoms with Crippen LogP contribution in [0.5, 0.6) is 5.75 Å². The summed E-state index contributed by atoms with van der Waals surface area (Å²) >= 11 is 3.12. The number of ether oxygens (including phenoxy) is 2. The van der Waals surface area contributed by atoms with Crippen LogP contribution in [-0.2, 0) is 4.74 Å². The van der Waals surface area contributed by atoms with E-state index in [9.17, 15) is 18.3 Å². The molecule has 3 heterocycles. The van der Waals surface area contributed by atoms with E-state index in [0.29, 0.717) is 17.0 Å². The number of benzene rings is 1. The van der Waals surface area contributed by atoms with Crippen molar-refractivity contribution < 1.29 is 27.8 Å². The Kier molecular flexibility index (Phi) is 4.37. The molecule has 3 aromatic rings. The number of aromatic nitrogens is 2. The van der Waals surface area contributed by atoms with Gasteiger partial charge in [-0.25, -0.2) is 9.37 Å². The van der Waals surface area contributed by atoms with Crippen molar-refractivity contribution in [2.75, 3.05) is 6.61 Å². The van der Waals surface area contributed by atoms with Crippen molar-refractivity contribution in [1.29, 1.82) is 0 Å². The molecule has 0 fully saturated rings. The minimum Gasteiger partial charge on any atom is -0.434 e. The van der Waals surface area contributed by atoms with Crippen LogP contribution in [0.3, 0.4) is 0 Å². The number of hydrogen-bond donors (Lipinski definition) is 1. The molecule has 2 atom stereocenters. The number of halogens is 4. The number of imidazole rings is 1. The van der Waals surface area contributed by atoms with E-state index in [0.717, 1.165) is 0 Å². The van der Waals surface area contributed by atoms with Crippen LogP contribution < -0.4 is 4.74 Å². The lowest BCUT2D eigenvalue weighted by Crippen LogP contribution is -2.23. The van der Waals surface area contributed by atoms with Crippen LogP contribution >= 0.6 is 15.9 Å². The lowest BCUT2D eigenvalue weighted by molar-refractivity contribution is -0.0548. The van der Waals surface area contributed by atoms with Crippen molar-refractivity contribution in [3.63, 3.8) is 0 Å². The molecule has 0 saturated carbocycles. The molecule has 0 saturated heterocycles. The standard InChI is InChI=1S/C17H12BrF3N2O3/c18-9-6-23-13(5-10(9)19)22-14-11(24)7-25-16(15(14)23)8-3-1-2-4-12(8)26-17(20)21/h1-6,11,16-17,24H,7H2/t11-,16-/m1/s1. The molecule has 5 nitrogen and oxygen atoms in total. The van der Waals surface area contributed by atoms with Crippen LogP contribution in [0, 0.1) is 5.82 Å². The summed E-state index contributed by atoms with van der Waals surface area (Å²) < 4.78 is 51.4. The highest BCUT2D eigenvalue weighted by molar-refractivity contribution is 9.10. The quantitative estimate of drug-likeness (QED) is 0.685. The molecule has 1 aliphatic heterocycles. The number of alkyl halides is 2. The smallest absolute Gasteiger partial charge is 0.387 e. The molecule has 0 bridgehead atoms. The van der Waals surface area contributed by atoms with E-state index in [4.69, 9.17) is 4.74 Å². The number of hydrogen-bond acceptors (Lipinski definition) is 4. The maximum Gasteiger partial charge on any atom is 0.387 e. The summed E-state index contributed by atoms with van der Waals surface area (Å²) in [5, 5.41) is 10.2. The van der Waals surface area contributed by atoms with Crippen molar-refractivity contribution >= 4 is 21.6 Å². The van der Waals surface area contributed by atoms with Gasteiger partial charge < -0.3 is 14.6 Å². The van der Waals surface area contributed by atoms with Gasteiger partial charge in [0.25, 0.3) is 0 Å². The maximum absolute atomic E-state index is 13.8. The van der Waals surface area contributed by atoms with E-state index in [1.807, 2.05) is 0 Å². The Morgan fingerprint density at radius 1 is 1.35 bits per heavy atom. The predicted octanol–water partition coefficient (Wildman–Crippen LogP) is 3.99. The second-order valence-electron chi connectivity index (χ2n) is 5.73. The van der Waals surface area contributed by atoms with Gasteiger partial charge in [-0.3, -0.25) is 4.40 Å².